The van der Waals surface area contributed by atoms with Crippen LogP contribution in [0.15, 0.2) is 54.6 Å². The summed E-state index contributed by atoms with van der Waals surface area (Å²) in [6, 6.07) is 12.6. The highest BCUT2D eigenvalue weighted by molar-refractivity contribution is 5.93. The molecule has 7 nitrogen and oxygen atoms in total. The summed E-state index contributed by atoms with van der Waals surface area (Å²) in [6.07, 6.45) is 2.62. The Kier molecular flexibility index (Phi) is 8.43. The fourth-order valence-electron chi connectivity index (χ4n) is 2.13. The lowest BCUT2D eigenvalue weighted by Crippen LogP contribution is -2.43. The fourth-order valence-corrected chi connectivity index (χ4v) is 2.13. The number of alkyl halides is 2. The van der Waals surface area contributed by atoms with Crippen LogP contribution in [-0.4, -0.2) is 31.6 Å². The van der Waals surface area contributed by atoms with Gasteiger partial charge in [0.25, 0.3) is 11.8 Å². The van der Waals surface area contributed by atoms with Crippen molar-refractivity contribution >= 4 is 17.9 Å². The van der Waals surface area contributed by atoms with Crippen molar-refractivity contribution in [2.75, 3.05) is 13.2 Å². The van der Waals surface area contributed by atoms with Crippen LogP contribution in [0.3, 0.4) is 0 Å². The van der Waals surface area contributed by atoms with E-state index in [-0.39, 0.29) is 12.4 Å². The molecule has 0 saturated heterocycles. The van der Waals surface area contributed by atoms with Gasteiger partial charge in [0, 0.05) is 6.08 Å². The van der Waals surface area contributed by atoms with Crippen LogP contribution >= 0.6 is 0 Å². The molecule has 0 aliphatic rings. The van der Waals surface area contributed by atoms with E-state index in [2.05, 4.69) is 15.6 Å². The lowest BCUT2D eigenvalue weighted by atomic mass is 10.2. The predicted octanol–water partition coefficient (Wildman–Crippen LogP) is 2.93. The molecule has 2 amide bonds. The predicted molar refractivity (Wildman–Crippen MR) is 101 cm³/mol. The number of hydrogen-bond acceptors (Lipinski definition) is 5. The number of hydrazine groups is 1. The van der Waals surface area contributed by atoms with Gasteiger partial charge in [0.15, 0.2) is 18.1 Å². The quantitative estimate of drug-likeness (QED) is 0.494. The third kappa shape index (κ3) is 7.87. The Morgan fingerprint density at radius 1 is 1.00 bits per heavy atom. The zero-order valence-electron chi connectivity index (χ0n) is 15.6. The Morgan fingerprint density at radius 2 is 1.66 bits per heavy atom. The number of carbonyl (C=O) groups excluding carboxylic acids is 2. The Morgan fingerprint density at radius 3 is 2.28 bits per heavy atom. The van der Waals surface area contributed by atoms with E-state index in [1.165, 1.54) is 36.4 Å². The van der Waals surface area contributed by atoms with Crippen LogP contribution in [0.2, 0.25) is 0 Å². The van der Waals surface area contributed by atoms with Gasteiger partial charge in [0.1, 0.15) is 5.75 Å². The molecule has 0 heterocycles. The highest BCUT2D eigenvalue weighted by Gasteiger charge is 2.08. The third-order valence-corrected chi connectivity index (χ3v) is 3.37. The van der Waals surface area contributed by atoms with Crippen molar-refractivity contribution in [2.24, 2.45) is 0 Å². The SMILES string of the molecule is CCOc1ccccc1OCC(=O)NNC(=O)/C=C/c1ccc(OC(F)F)cc1. The molecule has 2 N–H and O–H groups in total. The summed E-state index contributed by atoms with van der Waals surface area (Å²) in [5, 5.41) is 0. The van der Waals surface area contributed by atoms with E-state index in [4.69, 9.17) is 9.47 Å². The summed E-state index contributed by atoms with van der Waals surface area (Å²) in [6.45, 7) is -0.934. The van der Waals surface area contributed by atoms with E-state index in [0.29, 0.717) is 23.7 Å². The maximum absolute atomic E-state index is 12.1. The lowest BCUT2D eigenvalue weighted by molar-refractivity contribution is -0.128. The molecule has 0 saturated carbocycles. The van der Waals surface area contributed by atoms with Crippen LogP contribution in [0, 0.1) is 0 Å². The van der Waals surface area contributed by atoms with E-state index in [9.17, 15) is 18.4 Å². The standard InChI is InChI=1S/C20H20F2N2O5/c1-2-27-16-5-3-4-6-17(16)28-13-19(26)24-23-18(25)12-9-14-7-10-15(11-8-14)29-20(21)22/h3-12,20H,2,13H2,1H3,(H,23,25)(H,24,26)/b12-9+. The zero-order valence-corrected chi connectivity index (χ0v) is 15.6. The average Bonchev–Trinajstić information content (AvgIpc) is 2.71. The monoisotopic (exact) mass is 406 g/mol. The molecule has 0 radical (unpaired) electrons. The van der Waals surface area contributed by atoms with E-state index in [0.717, 1.165) is 0 Å². The molecule has 2 rings (SSSR count). The molecule has 0 aliphatic carbocycles. The summed E-state index contributed by atoms with van der Waals surface area (Å²) in [4.78, 5) is 23.5. The number of amides is 2. The van der Waals surface area contributed by atoms with Crippen LogP contribution in [0.4, 0.5) is 8.78 Å². The Bertz CT molecular complexity index is 841. The first kappa shape index (κ1) is 21.7. The molecule has 0 spiro atoms. The van der Waals surface area contributed by atoms with Gasteiger partial charge in [0.2, 0.25) is 0 Å². The molecule has 154 valence electrons. The van der Waals surface area contributed by atoms with E-state index < -0.39 is 18.4 Å². The number of hydrogen-bond donors (Lipinski definition) is 2. The van der Waals surface area contributed by atoms with Gasteiger partial charge in [-0.25, -0.2) is 0 Å². The molecule has 29 heavy (non-hydrogen) atoms. The number of nitrogens with one attached hydrogen (secondary N) is 2. The maximum atomic E-state index is 12.1. The van der Waals surface area contributed by atoms with Crippen molar-refractivity contribution in [1.29, 1.82) is 0 Å². The van der Waals surface area contributed by atoms with Crippen molar-refractivity contribution < 1.29 is 32.6 Å². The first-order chi connectivity index (χ1) is 14.0. The first-order valence-corrected chi connectivity index (χ1v) is 8.64. The number of para-hydroxylation sites is 2. The maximum Gasteiger partial charge on any atom is 0.387 e. The topological polar surface area (TPSA) is 85.9 Å². The molecule has 0 aliphatic heterocycles. The number of ether oxygens (including phenoxy) is 3. The summed E-state index contributed by atoms with van der Waals surface area (Å²) >= 11 is 0. The second-order valence-electron chi connectivity index (χ2n) is 5.49. The number of carbonyl (C=O) groups is 2. The average molecular weight is 406 g/mol. The highest BCUT2D eigenvalue weighted by Crippen LogP contribution is 2.26. The van der Waals surface area contributed by atoms with Gasteiger partial charge < -0.3 is 14.2 Å². The first-order valence-electron chi connectivity index (χ1n) is 8.64. The second-order valence-corrected chi connectivity index (χ2v) is 5.49. The minimum absolute atomic E-state index is 0.0137. The molecule has 2 aromatic carbocycles. The summed E-state index contributed by atoms with van der Waals surface area (Å²) < 4.78 is 39.2. The molecule has 2 aromatic rings. The normalized spacial score (nSPS) is 10.6. The smallest absolute Gasteiger partial charge is 0.387 e. The van der Waals surface area contributed by atoms with Crippen LogP contribution in [0.5, 0.6) is 17.2 Å². The second kappa shape index (κ2) is 11.3. The van der Waals surface area contributed by atoms with E-state index >= 15 is 0 Å². The minimum Gasteiger partial charge on any atom is -0.490 e. The molecule has 0 fully saturated rings. The van der Waals surface area contributed by atoms with Gasteiger partial charge in [-0.05, 0) is 42.8 Å². The van der Waals surface area contributed by atoms with Gasteiger partial charge in [0.05, 0.1) is 6.61 Å². The fraction of sp³-hybridized carbons (Fsp3) is 0.200. The van der Waals surface area contributed by atoms with Gasteiger partial charge in [-0.2, -0.15) is 8.78 Å². The molecular formula is C20H20F2N2O5. The van der Waals surface area contributed by atoms with Crippen molar-refractivity contribution in [3.63, 3.8) is 0 Å². The van der Waals surface area contributed by atoms with Crippen molar-refractivity contribution in [3.05, 3.63) is 60.2 Å². The summed E-state index contributed by atoms with van der Waals surface area (Å²) in [7, 11) is 0. The Labute approximate surface area is 166 Å². The third-order valence-electron chi connectivity index (χ3n) is 3.37. The van der Waals surface area contributed by atoms with E-state index in [1.807, 2.05) is 6.92 Å². The lowest BCUT2D eigenvalue weighted by Gasteiger charge is -2.11. The molecule has 9 heteroatoms. The summed E-state index contributed by atoms with van der Waals surface area (Å²) in [5.41, 5.74) is 5.01. The van der Waals surface area contributed by atoms with E-state index in [1.54, 1.807) is 24.3 Å². The van der Waals surface area contributed by atoms with Crippen molar-refractivity contribution in [2.45, 2.75) is 13.5 Å². The molecular weight excluding hydrogens is 386 g/mol. The largest absolute Gasteiger partial charge is 0.490 e. The minimum atomic E-state index is -2.90. The van der Waals surface area contributed by atoms with Crippen LogP contribution in [0.25, 0.3) is 6.08 Å². The number of halogens is 2. The molecule has 0 atom stereocenters. The molecule has 0 bridgehead atoms. The molecule has 0 unspecified atom stereocenters. The van der Waals surface area contributed by atoms with Crippen molar-refractivity contribution in [3.8, 4) is 17.2 Å². The van der Waals surface area contributed by atoms with Crippen LogP contribution in [0.1, 0.15) is 12.5 Å². The van der Waals surface area contributed by atoms with Gasteiger partial charge in [-0.3, -0.25) is 20.4 Å². The number of benzene rings is 2. The van der Waals surface area contributed by atoms with Gasteiger partial charge in [-0.1, -0.05) is 24.3 Å². The van der Waals surface area contributed by atoms with Crippen LogP contribution < -0.4 is 25.1 Å². The van der Waals surface area contributed by atoms with Gasteiger partial charge >= 0.3 is 6.61 Å². The molecule has 0 aromatic heterocycles. The Balaban J connectivity index is 1.75. The van der Waals surface area contributed by atoms with Gasteiger partial charge in [-0.15, -0.1) is 0 Å². The Hall–Kier alpha value is -3.62. The zero-order chi connectivity index (χ0) is 21.1. The van der Waals surface area contributed by atoms with Crippen LogP contribution in [-0.2, 0) is 9.59 Å². The number of rotatable bonds is 9. The highest BCUT2D eigenvalue weighted by atomic mass is 19.3. The van der Waals surface area contributed by atoms with Crippen molar-refractivity contribution in [1.82, 2.24) is 10.9 Å². The summed E-state index contributed by atoms with van der Waals surface area (Å²) in [5.74, 6) is -0.206.